The Kier molecular flexibility index (Phi) is 11.9. The van der Waals surface area contributed by atoms with Crippen LogP contribution in [0.25, 0.3) is 10.8 Å². The fraction of sp³-hybridized carbons (Fsp3) is 0.378. The van der Waals surface area contributed by atoms with Gasteiger partial charge in [0.1, 0.15) is 11.5 Å². The van der Waals surface area contributed by atoms with Crippen LogP contribution in [0.3, 0.4) is 0 Å². The Bertz CT molecular complexity index is 1730. The number of aryl methyl sites for hydroxylation is 2. The van der Waals surface area contributed by atoms with Gasteiger partial charge in [-0.25, -0.2) is 8.42 Å². The molecule has 0 radical (unpaired) electrons. The first-order valence-corrected chi connectivity index (χ1v) is 17.6. The van der Waals surface area contributed by atoms with E-state index in [0.29, 0.717) is 54.6 Å². The number of ether oxygens (including phenoxy) is 1. The number of sulfonamides is 1. The number of nitrogens with two attached hydrogens (primary N) is 1. The molecule has 1 amide bonds. The van der Waals surface area contributed by atoms with Crippen molar-refractivity contribution in [1.29, 1.82) is 0 Å². The van der Waals surface area contributed by atoms with Crippen LogP contribution in [0.2, 0.25) is 0 Å². The van der Waals surface area contributed by atoms with Gasteiger partial charge < -0.3 is 20.9 Å². The molecule has 4 aromatic carbocycles. The number of rotatable bonds is 16. The van der Waals surface area contributed by atoms with E-state index in [1.165, 1.54) is 17.2 Å². The van der Waals surface area contributed by atoms with Gasteiger partial charge in [-0.3, -0.25) is 9.52 Å². The summed E-state index contributed by atoms with van der Waals surface area (Å²) >= 11 is 0. The van der Waals surface area contributed by atoms with Gasteiger partial charge >= 0.3 is 0 Å². The second-order valence-electron chi connectivity index (χ2n) is 12.7. The third kappa shape index (κ3) is 9.39. The second-order valence-corrected chi connectivity index (χ2v) is 14.3. The van der Waals surface area contributed by atoms with Gasteiger partial charge in [-0.2, -0.15) is 0 Å². The number of phenolic OH excluding ortho intramolecular Hbond substituents is 1. The van der Waals surface area contributed by atoms with Crippen molar-refractivity contribution in [2.24, 2.45) is 11.8 Å². The van der Waals surface area contributed by atoms with E-state index in [1.807, 2.05) is 0 Å². The predicted octanol–water partition coefficient (Wildman–Crippen LogP) is 7.69. The molecule has 46 heavy (non-hydrogen) atoms. The van der Waals surface area contributed by atoms with Gasteiger partial charge in [-0.1, -0.05) is 64.1 Å². The molecule has 0 saturated carbocycles. The van der Waals surface area contributed by atoms with Crippen LogP contribution >= 0.6 is 0 Å². The van der Waals surface area contributed by atoms with Crippen molar-refractivity contribution < 1.29 is 23.1 Å². The van der Waals surface area contributed by atoms with Crippen molar-refractivity contribution in [2.75, 3.05) is 23.6 Å². The minimum absolute atomic E-state index is 0.111. The van der Waals surface area contributed by atoms with Crippen LogP contribution in [0, 0.1) is 11.8 Å². The van der Waals surface area contributed by atoms with Crippen LogP contribution < -0.4 is 20.5 Å². The van der Waals surface area contributed by atoms with Crippen molar-refractivity contribution in [3.63, 3.8) is 0 Å². The summed E-state index contributed by atoms with van der Waals surface area (Å²) in [6.07, 6.45) is 5.65. The number of anilines is 2. The zero-order valence-electron chi connectivity index (χ0n) is 27.3. The smallest absolute Gasteiger partial charge is 0.262 e. The molecule has 4 rings (SSSR count). The molecule has 0 atom stereocenters. The Morgan fingerprint density at radius 1 is 0.870 bits per heavy atom. The number of nitrogen functional groups attached to an aromatic ring is 1. The zero-order chi connectivity index (χ0) is 33.3. The van der Waals surface area contributed by atoms with Gasteiger partial charge in [0.15, 0.2) is 0 Å². The minimum Gasteiger partial charge on any atom is -0.506 e. The SMILES string of the molecule is CC(C)CCc1ccc(OCCCCNC(=O)c2cc(S(=O)(=O)Nc3ccc(N)cc3)c3ccccc3c2O)c(CCC(C)C)c1. The first kappa shape index (κ1) is 34.6. The van der Waals surface area contributed by atoms with Crippen LogP contribution in [0.4, 0.5) is 11.4 Å². The normalized spacial score (nSPS) is 11.7. The number of amides is 1. The highest BCUT2D eigenvalue weighted by molar-refractivity contribution is 7.93. The summed E-state index contributed by atoms with van der Waals surface area (Å²) in [5.74, 6) is 1.36. The van der Waals surface area contributed by atoms with E-state index in [1.54, 1.807) is 48.5 Å². The third-order valence-corrected chi connectivity index (χ3v) is 9.34. The molecule has 4 aromatic rings. The molecule has 0 bridgehead atoms. The molecule has 246 valence electrons. The molecule has 0 spiro atoms. The van der Waals surface area contributed by atoms with E-state index in [4.69, 9.17) is 10.5 Å². The van der Waals surface area contributed by atoms with Crippen molar-refractivity contribution >= 4 is 38.1 Å². The van der Waals surface area contributed by atoms with E-state index in [-0.39, 0.29) is 21.6 Å². The van der Waals surface area contributed by atoms with Crippen LogP contribution in [0.5, 0.6) is 11.5 Å². The summed E-state index contributed by atoms with van der Waals surface area (Å²) in [6.45, 7) is 9.80. The summed E-state index contributed by atoms with van der Waals surface area (Å²) in [6, 6.07) is 20.6. The predicted molar refractivity (Wildman–Crippen MR) is 187 cm³/mol. The Morgan fingerprint density at radius 3 is 2.24 bits per heavy atom. The molecule has 0 aliphatic carbocycles. The minimum atomic E-state index is -4.11. The number of nitrogens with one attached hydrogen (secondary N) is 2. The maximum absolute atomic E-state index is 13.4. The van der Waals surface area contributed by atoms with Crippen molar-refractivity contribution in [2.45, 2.75) is 71.1 Å². The number of hydrogen-bond donors (Lipinski definition) is 4. The number of unbranched alkanes of at least 4 members (excludes halogenated alkanes) is 1. The van der Waals surface area contributed by atoms with Gasteiger partial charge in [0, 0.05) is 28.7 Å². The number of aromatic hydroxyl groups is 1. The molecule has 0 aliphatic rings. The molecule has 0 saturated heterocycles. The molecule has 0 unspecified atom stereocenters. The molecular formula is C37H47N3O5S. The second kappa shape index (κ2) is 15.9. The standard InChI is InChI=1S/C37H47N3O5S/c1-25(2)11-13-27-14-20-34(28(23-27)15-12-26(3)4)45-22-8-7-21-39-37(42)33-24-35(31-9-5-6-10-32(31)36(33)41)46(43,44)40-30-18-16-29(38)17-19-30/h5-6,9-10,14,16-20,23-26,40-41H,7-8,11-13,15,21-22,38H2,1-4H3,(H,39,42). The average Bonchev–Trinajstić information content (AvgIpc) is 3.02. The fourth-order valence-electron chi connectivity index (χ4n) is 5.21. The van der Waals surface area contributed by atoms with Crippen LogP contribution in [0.15, 0.2) is 77.7 Å². The number of carbonyl (C=O) groups excluding carboxylic acids is 1. The van der Waals surface area contributed by atoms with Gasteiger partial charge in [0.25, 0.3) is 15.9 Å². The lowest BCUT2D eigenvalue weighted by atomic mass is 9.97. The molecule has 0 heterocycles. The number of hydrogen-bond acceptors (Lipinski definition) is 6. The van der Waals surface area contributed by atoms with Crippen molar-refractivity contribution in [3.8, 4) is 11.5 Å². The van der Waals surface area contributed by atoms with E-state index in [2.05, 4.69) is 55.9 Å². The number of fused-ring (bicyclic) bond motifs is 1. The topological polar surface area (TPSA) is 131 Å². The van der Waals surface area contributed by atoms with Crippen molar-refractivity contribution in [3.05, 3.63) is 89.5 Å². The highest BCUT2D eigenvalue weighted by Gasteiger charge is 2.24. The first-order chi connectivity index (χ1) is 21.9. The maximum Gasteiger partial charge on any atom is 0.262 e. The van der Waals surface area contributed by atoms with E-state index < -0.39 is 15.9 Å². The van der Waals surface area contributed by atoms with E-state index in [9.17, 15) is 18.3 Å². The summed E-state index contributed by atoms with van der Waals surface area (Å²) < 4.78 is 35.6. The number of phenols is 1. The molecular weight excluding hydrogens is 598 g/mol. The molecule has 8 nitrogen and oxygen atoms in total. The quantitative estimate of drug-likeness (QED) is 0.0730. The Labute approximate surface area is 273 Å². The highest BCUT2D eigenvalue weighted by Crippen LogP contribution is 2.35. The Morgan fingerprint density at radius 2 is 1.54 bits per heavy atom. The lowest BCUT2D eigenvalue weighted by Gasteiger charge is -2.16. The van der Waals surface area contributed by atoms with Gasteiger partial charge in [0.05, 0.1) is 17.1 Å². The highest BCUT2D eigenvalue weighted by atomic mass is 32.2. The van der Waals surface area contributed by atoms with Gasteiger partial charge in [0.2, 0.25) is 0 Å². The molecule has 9 heteroatoms. The van der Waals surface area contributed by atoms with E-state index >= 15 is 0 Å². The van der Waals surface area contributed by atoms with Gasteiger partial charge in [-0.15, -0.1) is 0 Å². The summed E-state index contributed by atoms with van der Waals surface area (Å²) in [5, 5.41) is 14.4. The first-order valence-electron chi connectivity index (χ1n) is 16.1. The lowest BCUT2D eigenvalue weighted by Crippen LogP contribution is -2.25. The van der Waals surface area contributed by atoms with Gasteiger partial charge in [-0.05, 0) is 97.9 Å². The summed E-state index contributed by atoms with van der Waals surface area (Å²) in [4.78, 5) is 13.1. The zero-order valence-corrected chi connectivity index (χ0v) is 28.1. The number of carbonyl (C=O) groups is 1. The Hall–Kier alpha value is -4.24. The van der Waals surface area contributed by atoms with E-state index in [0.717, 1.165) is 31.4 Å². The molecule has 0 fully saturated rings. The molecule has 0 aliphatic heterocycles. The third-order valence-electron chi connectivity index (χ3n) is 7.92. The molecule has 0 aromatic heterocycles. The van der Waals surface area contributed by atoms with Crippen molar-refractivity contribution in [1.82, 2.24) is 5.32 Å². The molecule has 5 N–H and O–H groups in total. The summed E-state index contributed by atoms with van der Waals surface area (Å²) in [7, 11) is -4.11. The fourth-order valence-corrected chi connectivity index (χ4v) is 6.51. The largest absolute Gasteiger partial charge is 0.506 e. The lowest BCUT2D eigenvalue weighted by molar-refractivity contribution is 0.0949. The monoisotopic (exact) mass is 645 g/mol. The van der Waals surface area contributed by atoms with Crippen LogP contribution in [-0.4, -0.2) is 32.6 Å². The summed E-state index contributed by atoms with van der Waals surface area (Å²) in [5.41, 5.74) is 9.03. The average molecular weight is 646 g/mol. The number of benzene rings is 4. The maximum atomic E-state index is 13.4. The van der Waals surface area contributed by atoms with Crippen LogP contribution in [-0.2, 0) is 22.9 Å². The van der Waals surface area contributed by atoms with Crippen LogP contribution in [0.1, 0.15) is 74.9 Å². The Balaban J connectivity index is 1.39.